The zero-order chi connectivity index (χ0) is 12.0. The highest BCUT2D eigenvalue weighted by molar-refractivity contribution is 7.89. The van der Waals surface area contributed by atoms with Gasteiger partial charge in [0.25, 0.3) is 10.0 Å². The molecule has 6 nitrogen and oxygen atoms in total. The van der Waals surface area contributed by atoms with Crippen molar-refractivity contribution < 1.29 is 17.9 Å². The van der Waals surface area contributed by atoms with E-state index in [2.05, 4.69) is 10.0 Å². The molecule has 0 saturated carbocycles. The van der Waals surface area contributed by atoms with E-state index in [1.807, 2.05) is 0 Å². The second-order valence-corrected chi connectivity index (χ2v) is 5.00. The van der Waals surface area contributed by atoms with E-state index in [0.717, 1.165) is 0 Å². The largest absolute Gasteiger partial charge is 0.447 e. The van der Waals surface area contributed by atoms with Crippen LogP contribution in [0.5, 0.6) is 0 Å². The summed E-state index contributed by atoms with van der Waals surface area (Å²) in [5.74, 6) is 0.548. The van der Waals surface area contributed by atoms with Gasteiger partial charge >= 0.3 is 0 Å². The van der Waals surface area contributed by atoms with E-state index in [0.29, 0.717) is 25.3 Å². The van der Waals surface area contributed by atoms with Gasteiger partial charge in [0.2, 0.25) is 5.09 Å². The average molecular weight is 248 g/mol. The number of nitrogens with one attached hydrogen (secondary N) is 2. The fourth-order valence-corrected chi connectivity index (χ4v) is 1.78. The molecule has 0 aromatic carbocycles. The van der Waals surface area contributed by atoms with Crippen LogP contribution in [0.15, 0.2) is 21.6 Å². The van der Waals surface area contributed by atoms with E-state index in [9.17, 15) is 8.42 Å². The second-order valence-electron chi connectivity index (χ2n) is 3.18. The van der Waals surface area contributed by atoms with Gasteiger partial charge in [-0.2, -0.15) is 0 Å². The van der Waals surface area contributed by atoms with Crippen molar-refractivity contribution in [3.8, 4) is 0 Å². The molecule has 7 heteroatoms. The normalized spacial score (nSPS) is 11.9. The third-order valence-corrected chi connectivity index (χ3v) is 3.27. The maximum Gasteiger partial charge on any atom is 0.273 e. The number of hydrogen-bond donors (Lipinski definition) is 3. The summed E-state index contributed by atoms with van der Waals surface area (Å²) in [5.41, 5.74) is 0. The molecule has 1 aromatic heterocycles. The monoisotopic (exact) mass is 248 g/mol. The van der Waals surface area contributed by atoms with Crippen molar-refractivity contribution in [1.29, 1.82) is 0 Å². The molecule has 0 aliphatic carbocycles. The second kappa shape index (κ2) is 6.00. The highest BCUT2D eigenvalue weighted by atomic mass is 32.2. The zero-order valence-corrected chi connectivity index (χ0v) is 9.88. The van der Waals surface area contributed by atoms with Gasteiger partial charge in [-0.25, -0.2) is 13.1 Å². The minimum absolute atomic E-state index is 0.0889. The van der Waals surface area contributed by atoms with Crippen molar-refractivity contribution >= 4 is 10.0 Å². The van der Waals surface area contributed by atoms with E-state index in [1.54, 1.807) is 6.07 Å². The topological polar surface area (TPSA) is 91.6 Å². The maximum absolute atomic E-state index is 11.3. The Morgan fingerprint density at radius 2 is 2.19 bits per heavy atom. The molecule has 3 N–H and O–H groups in total. The number of rotatable bonds is 7. The molecule has 0 bridgehead atoms. The fourth-order valence-electron chi connectivity index (χ4n) is 1.11. The predicted molar refractivity (Wildman–Crippen MR) is 58.4 cm³/mol. The predicted octanol–water partition coefficient (Wildman–Crippen LogP) is -0.340. The molecule has 0 aliphatic rings. The van der Waals surface area contributed by atoms with Gasteiger partial charge in [0.1, 0.15) is 5.76 Å². The molecule has 0 amide bonds. The Balaban J connectivity index is 2.52. The Labute approximate surface area is 94.7 Å². The quantitative estimate of drug-likeness (QED) is 0.574. The number of aliphatic hydroxyl groups is 1. The molecule has 92 valence electrons. The van der Waals surface area contributed by atoms with Gasteiger partial charge in [0.05, 0.1) is 6.54 Å². The molecule has 0 spiro atoms. The molecule has 0 atom stereocenters. The Kier molecular flexibility index (Phi) is 4.94. The first-order valence-electron chi connectivity index (χ1n) is 4.94. The molecular formula is C9H16N2O4S. The van der Waals surface area contributed by atoms with Crippen LogP contribution in [0.25, 0.3) is 0 Å². The lowest BCUT2D eigenvalue weighted by Gasteiger charge is -2.00. The lowest BCUT2D eigenvalue weighted by molar-refractivity contribution is 0.284. The van der Waals surface area contributed by atoms with Crippen molar-refractivity contribution in [2.45, 2.75) is 18.1 Å². The summed E-state index contributed by atoms with van der Waals surface area (Å²) in [5, 5.41) is 11.5. The molecule has 1 aromatic rings. The van der Waals surface area contributed by atoms with Gasteiger partial charge in [-0.15, -0.1) is 0 Å². The number of furan rings is 1. The van der Waals surface area contributed by atoms with E-state index < -0.39 is 10.0 Å². The first-order valence-corrected chi connectivity index (χ1v) is 6.42. The Hall–Kier alpha value is -0.890. The average Bonchev–Trinajstić information content (AvgIpc) is 2.74. The standard InChI is InChI=1S/C9H16N2O4S/c1-10-16(13,14)9-4-3-8(15-9)7-11-5-2-6-12/h3-4,10-12H,2,5-7H2,1H3. The summed E-state index contributed by atoms with van der Waals surface area (Å²) in [6, 6.07) is 3.02. The summed E-state index contributed by atoms with van der Waals surface area (Å²) in [6.07, 6.45) is 0.655. The van der Waals surface area contributed by atoms with Crippen LogP contribution >= 0.6 is 0 Å². The summed E-state index contributed by atoms with van der Waals surface area (Å²) in [4.78, 5) is 0. The van der Waals surface area contributed by atoms with Crippen LogP contribution in [-0.2, 0) is 16.6 Å². The van der Waals surface area contributed by atoms with Crippen LogP contribution in [0.3, 0.4) is 0 Å². The van der Waals surface area contributed by atoms with Crippen molar-refractivity contribution in [3.63, 3.8) is 0 Å². The van der Waals surface area contributed by atoms with Crippen molar-refractivity contribution in [2.75, 3.05) is 20.2 Å². The summed E-state index contributed by atoms with van der Waals surface area (Å²) in [7, 11) is -2.17. The number of hydrogen-bond acceptors (Lipinski definition) is 5. The van der Waals surface area contributed by atoms with Gasteiger partial charge in [-0.3, -0.25) is 0 Å². The lowest BCUT2D eigenvalue weighted by atomic mass is 10.4. The third-order valence-electron chi connectivity index (χ3n) is 1.98. The van der Waals surface area contributed by atoms with Crippen molar-refractivity contribution in [2.24, 2.45) is 0 Å². The van der Waals surface area contributed by atoms with E-state index >= 15 is 0 Å². The number of aliphatic hydroxyl groups excluding tert-OH is 1. The molecule has 0 unspecified atom stereocenters. The molecule has 0 aliphatic heterocycles. The highest BCUT2D eigenvalue weighted by Gasteiger charge is 2.15. The van der Waals surface area contributed by atoms with Gasteiger partial charge in [-0.05, 0) is 32.1 Å². The molecule has 0 radical (unpaired) electrons. The van der Waals surface area contributed by atoms with Gasteiger partial charge < -0.3 is 14.8 Å². The smallest absolute Gasteiger partial charge is 0.273 e. The van der Waals surface area contributed by atoms with Crippen LogP contribution in [0, 0.1) is 0 Å². The minimum Gasteiger partial charge on any atom is -0.447 e. The lowest BCUT2D eigenvalue weighted by Crippen LogP contribution is -2.18. The first-order chi connectivity index (χ1) is 7.60. The van der Waals surface area contributed by atoms with Crippen LogP contribution in [-0.4, -0.2) is 33.7 Å². The SMILES string of the molecule is CNS(=O)(=O)c1ccc(CNCCCO)o1. The first kappa shape index (κ1) is 13.2. The van der Waals surface area contributed by atoms with E-state index in [4.69, 9.17) is 9.52 Å². The van der Waals surface area contributed by atoms with Gasteiger partial charge in [-0.1, -0.05) is 0 Å². The molecule has 1 heterocycles. The van der Waals surface area contributed by atoms with Crippen LogP contribution in [0.2, 0.25) is 0 Å². The fraction of sp³-hybridized carbons (Fsp3) is 0.556. The Bertz CT molecular complexity index is 413. The van der Waals surface area contributed by atoms with E-state index in [1.165, 1.54) is 13.1 Å². The Morgan fingerprint density at radius 1 is 1.44 bits per heavy atom. The van der Waals surface area contributed by atoms with Crippen molar-refractivity contribution in [1.82, 2.24) is 10.0 Å². The van der Waals surface area contributed by atoms with Crippen LogP contribution in [0.1, 0.15) is 12.2 Å². The summed E-state index contributed by atoms with van der Waals surface area (Å²) >= 11 is 0. The number of sulfonamides is 1. The molecule has 1 rings (SSSR count). The van der Waals surface area contributed by atoms with Crippen molar-refractivity contribution in [3.05, 3.63) is 17.9 Å². The highest BCUT2D eigenvalue weighted by Crippen LogP contribution is 2.12. The molecule has 0 fully saturated rings. The van der Waals surface area contributed by atoms with Crippen LogP contribution in [0.4, 0.5) is 0 Å². The summed E-state index contributed by atoms with van der Waals surface area (Å²) < 4.78 is 30.0. The van der Waals surface area contributed by atoms with Gasteiger partial charge in [0.15, 0.2) is 0 Å². The van der Waals surface area contributed by atoms with E-state index in [-0.39, 0.29) is 11.7 Å². The third kappa shape index (κ3) is 3.60. The minimum atomic E-state index is -3.50. The van der Waals surface area contributed by atoms with Crippen LogP contribution < -0.4 is 10.0 Å². The maximum atomic E-state index is 11.3. The summed E-state index contributed by atoms with van der Waals surface area (Å²) in [6.45, 7) is 1.23. The molecule has 0 saturated heterocycles. The molecule has 16 heavy (non-hydrogen) atoms. The zero-order valence-electron chi connectivity index (χ0n) is 9.06. The molecular weight excluding hydrogens is 232 g/mol. The van der Waals surface area contributed by atoms with Gasteiger partial charge in [0, 0.05) is 6.61 Å². The Morgan fingerprint density at radius 3 is 2.81 bits per heavy atom.